The molecule has 0 amide bonds. The summed E-state index contributed by atoms with van der Waals surface area (Å²) < 4.78 is 13.9. The topological polar surface area (TPSA) is 57.3 Å². The molecule has 0 aliphatic rings. The molecule has 2 aromatic heterocycles. The van der Waals surface area contributed by atoms with E-state index >= 15 is 0 Å². The van der Waals surface area contributed by atoms with Crippen molar-refractivity contribution in [3.05, 3.63) is 112 Å². The molecule has 0 bridgehead atoms. The quantitative estimate of drug-likeness (QED) is 0.357. The van der Waals surface area contributed by atoms with Crippen molar-refractivity contribution in [1.82, 2.24) is 9.78 Å². The van der Waals surface area contributed by atoms with Gasteiger partial charge in [-0.2, -0.15) is 5.10 Å². The van der Waals surface area contributed by atoms with Crippen LogP contribution in [0.3, 0.4) is 0 Å². The second-order valence-corrected chi connectivity index (χ2v) is 7.71. The molecule has 158 valence electrons. The highest BCUT2D eigenvalue weighted by atomic mass is 16.5. The van der Waals surface area contributed by atoms with Gasteiger partial charge in [-0.05, 0) is 43.7 Å². The van der Waals surface area contributed by atoms with E-state index in [2.05, 4.69) is 5.10 Å². The highest BCUT2D eigenvalue weighted by molar-refractivity contribution is 5.86. The second kappa shape index (κ2) is 8.19. The summed E-state index contributed by atoms with van der Waals surface area (Å²) >= 11 is 0. The molecular formula is C27H22N2O3. The number of aryl methyl sites for hydroxylation is 2. The Balaban J connectivity index is 1.53. The molecule has 0 N–H and O–H groups in total. The third kappa shape index (κ3) is 3.58. The summed E-state index contributed by atoms with van der Waals surface area (Å²) in [7, 11) is 0. The van der Waals surface area contributed by atoms with Crippen molar-refractivity contribution in [1.29, 1.82) is 0 Å². The van der Waals surface area contributed by atoms with Gasteiger partial charge in [0, 0.05) is 17.3 Å². The summed E-state index contributed by atoms with van der Waals surface area (Å²) in [6.07, 6.45) is 3.55. The van der Waals surface area contributed by atoms with Crippen LogP contribution in [0.2, 0.25) is 0 Å². The SMILES string of the molecule is Cc1oc2c(C)c(OCc3ccccc3)ccc2c(=O)c1-c1cnn(-c2ccccc2)c1. The summed E-state index contributed by atoms with van der Waals surface area (Å²) in [5, 5.41) is 4.96. The van der Waals surface area contributed by atoms with Crippen molar-refractivity contribution < 1.29 is 9.15 Å². The van der Waals surface area contributed by atoms with E-state index in [1.165, 1.54) is 0 Å². The Kier molecular flexibility index (Phi) is 5.07. The summed E-state index contributed by atoms with van der Waals surface area (Å²) in [6.45, 7) is 4.18. The monoisotopic (exact) mass is 422 g/mol. The number of nitrogens with zero attached hydrogens (tertiary/aromatic N) is 2. The van der Waals surface area contributed by atoms with Crippen molar-refractivity contribution in [2.75, 3.05) is 0 Å². The number of fused-ring (bicyclic) bond motifs is 1. The first-order chi connectivity index (χ1) is 15.6. The Bertz CT molecular complexity index is 1450. The van der Waals surface area contributed by atoms with E-state index in [0.717, 1.165) is 22.4 Å². The molecule has 0 saturated carbocycles. The standard InChI is InChI=1S/C27H22N2O3/c1-18-24(31-17-20-9-5-3-6-10-20)14-13-23-26(30)25(19(2)32-27(18)23)21-15-28-29(16-21)22-11-7-4-8-12-22/h3-16H,17H2,1-2H3. The summed E-state index contributed by atoms with van der Waals surface area (Å²) in [5.41, 5.74) is 4.55. The molecule has 5 aromatic rings. The maximum atomic E-state index is 13.4. The number of para-hydroxylation sites is 1. The Morgan fingerprint density at radius 3 is 2.41 bits per heavy atom. The molecule has 0 aliphatic carbocycles. The van der Waals surface area contributed by atoms with Gasteiger partial charge in [-0.15, -0.1) is 0 Å². The zero-order chi connectivity index (χ0) is 22.1. The zero-order valence-electron chi connectivity index (χ0n) is 17.9. The molecule has 0 unspecified atom stereocenters. The number of hydrogen-bond acceptors (Lipinski definition) is 4. The van der Waals surface area contributed by atoms with Crippen molar-refractivity contribution in [2.45, 2.75) is 20.5 Å². The van der Waals surface area contributed by atoms with Gasteiger partial charge in [-0.1, -0.05) is 48.5 Å². The van der Waals surface area contributed by atoms with Crippen LogP contribution in [-0.4, -0.2) is 9.78 Å². The molecule has 32 heavy (non-hydrogen) atoms. The van der Waals surface area contributed by atoms with Crippen LogP contribution in [0, 0.1) is 13.8 Å². The maximum Gasteiger partial charge on any atom is 0.200 e. The fourth-order valence-corrected chi connectivity index (χ4v) is 3.88. The Hall–Kier alpha value is -4.12. The lowest BCUT2D eigenvalue weighted by molar-refractivity contribution is 0.304. The average molecular weight is 422 g/mol. The Morgan fingerprint density at radius 2 is 1.66 bits per heavy atom. The van der Waals surface area contributed by atoms with Crippen molar-refractivity contribution in [3.63, 3.8) is 0 Å². The number of aromatic nitrogens is 2. The fourth-order valence-electron chi connectivity index (χ4n) is 3.88. The Morgan fingerprint density at radius 1 is 0.938 bits per heavy atom. The average Bonchev–Trinajstić information content (AvgIpc) is 3.30. The van der Waals surface area contributed by atoms with Crippen molar-refractivity contribution >= 4 is 11.0 Å². The lowest BCUT2D eigenvalue weighted by Crippen LogP contribution is -2.08. The molecule has 0 saturated heterocycles. The van der Waals surface area contributed by atoms with Crippen LogP contribution < -0.4 is 10.2 Å². The summed E-state index contributed by atoms with van der Waals surface area (Å²) in [5.74, 6) is 1.26. The minimum atomic E-state index is -0.0749. The van der Waals surface area contributed by atoms with E-state index in [-0.39, 0.29) is 5.43 Å². The number of rotatable bonds is 5. The molecule has 0 fully saturated rings. The molecule has 5 heteroatoms. The highest BCUT2D eigenvalue weighted by Crippen LogP contribution is 2.30. The van der Waals surface area contributed by atoms with Gasteiger partial charge in [0.1, 0.15) is 23.7 Å². The first kappa shape index (κ1) is 19.8. The van der Waals surface area contributed by atoms with Gasteiger partial charge in [0.25, 0.3) is 0 Å². The van der Waals surface area contributed by atoms with Crippen LogP contribution in [0.1, 0.15) is 16.9 Å². The van der Waals surface area contributed by atoms with E-state index < -0.39 is 0 Å². The molecule has 5 rings (SSSR count). The van der Waals surface area contributed by atoms with Gasteiger partial charge in [-0.25, -0.2) is 4.68 Å². The predicted octanol–water partition coefficient (Wildman–Crippen LogP) is 5.84. The van der Waals surface area contributed by atoms with Gasteiger partial charge >= 0.3 is 0 Å². The van der Waals surface area contributed by atoms with Crippen LogP contribution >= 0.6 is 0 Å². The third-order valence-electron chi connectivity index (χ3n) is 5.56. The minimum Gasteiger partial charge on any atom is -0.488 e. The van der Waals surface area contributed by atoms with Gasteiger partial charge in [0.2, 0.25) is 5.43 Å². The molecule has 2 heterocycles. The van der Waals surface area contributed by atoms with Crippen LogP contribution in [0.25, 0.3) is 27.8 Å². The lowest BCUT2D eigenvalue weighted by atomic mass is 10.0. The molecule has 0 atom stereocenters. The third-order valence-corrected chi connectivity index (χ3v) is 5.56. The van der Waals surface area contributed by atoms with E-state index in [4.69, 9.17) is 9.15 Å². The van der Waals surface area contributed by atoms with Gasteiger partial charge in [0.15, 0.2) is 0 Å². The van der Waals surface area contributed by atoms with Crippen molar-refractivity contribution in [2.24, 2.45) is 0 Å². The normalized spacial score (nSPS) is 11.1. The number of ether oxygens (including phenoxy) is 1. The van der Waals surface area contributed by atoms with E-state index in [9.17, 15) is 4.79 Å². The van der Waals surface area contributed by atoms with Gasteiger partial charge in [0.05, 0.1) is 22.8 Å². The molecule has 0 aliphatic heterocycles. The van der Waals surface area contributed by atoms with Crippen LogP contribution in [0.5, 0.6) is 5.75 Å². The minimum absolute atomic E-state index is 0.0749. The van der Waals surface area contributed by atoms with E-state index in [1.807, 2.05) is 86.8 Å². The molecule has 3 aromatic carbocycles. The molecular weight excluding hydrogens is 400 g/mol. The van der Waals surface area contributed by atoms with Crippen LogP contribution in [0.15, 0.2) is 94.4 Å². The highest BCUT2D eigenvalue weighted by Gasteiger charge is 2.18. The first-order valence-electron chi connectivity index (χ1n) is 10.5. The maximum absolute atomic E-state index is 13.4. The predicted molar refractivity (Wildman–Crippen MR) is 125 cm³/mol. The van der Waals surface area contributed by atoms with E-state index in [1.54, 1.807) is 16.9 Å². The van der Waals surface area contributed by atoms with E-state index in [0.29, 0.717) is 34.6 Å². The lowest BCUT2D eigenvalue weighted by Gasteiger charge is -2.12. The van der Waals surface area contributed by atoms with Gasteiger partial charge < -0.3 is 9.15 Å². The molecule has 0 spiro atoms. The second-order valence-electron chi connectivity index (χ2n) is 7.71. The Labute approximate surface area is 185 Å². The zero-order valence-corrected chi connectivity index (χ0v) is 17.9. The summed E-state index contributed by atoms with van der Waals surface area (Å²) in [6, 6.07) is 23.4. The summed E-state index contributed by atoms with van der Waals surface area (Å²) in [4.78, 5) is 13.4. The van der Waals surface area contributed by atoms with Crippen molar-refractivity contribution in [3.8, 4) is 22.6 Å². The van der Waals surface area contributed by atoms with Crippen LogP contribution in [-0.2, 0) is 6.61 Å². The largest absolute Gasteiger partial charge is 0.488 e. The fraction of sp³-hybridized carbons (Fsp3) is 0.111. The molecule has 5 nitrogen and oxygen atoms in total. The first-order valence-corrected chi connectivity index (χ1v) is 10.5. The van der Waals surface area contributed by atoms with Crippen LogP contribution in [0.4, 0.5) is 0 Å². The smallest absolute Gasteiger partial charge is 0.200 e. The number of benzene rings is 3. The van der Waals surface area contributed by atoms with Gasteiger partial charge in [-0.3, -0.25) is 4.79 Å². The molecule has 0 radical (unpaired) electrons. The number of hydrogen-bond donors (Lipinski definition) is 0.